The van der Waals surface area contributed by atoms with Crippen LogP contribution in [0, 0.1) is 5.92 Å². The zero-order valence-corrected chi connectivity index (χ0v) is 9.10. The van der Waals surface area contributed by atoms with Gasteiger partial charge in [0.25, 0.3) is 0 Å². The lowest BCUT2D eigenvalue weighted by molar-refractivity contribution is 0.545. The van der Waals surface area contributed by atoms with Crippen molar-refractivity contribution < 1.29 is 0 Å². The molecule has 0 atom stereocenters. The summed E-state index contributed by atoms with van der Waals surface area (Å²) in [6.07, 6.45) is 5.42. The number of nitrogens with zero attached hydrogens (tertiary/aromatic N) is 2. The number of rotatable bonds is 6. The Balaban J connectivity index is 1.96. The zero-order chi connectivity index (χ0) is 9.52. The van der Waals surface area contributed by atoms with Crippen LogP contribution in [0.15, 0.2) is 6.33 Å². The van der Waals surface area contributed by atoms with Crippen molar-refractivity contribution in [3.05, 3.63) is 6.33 Å². The van der Waals surface area contributed by atoms with Crippen molar-refractivity contribution in [3.8, 4) is 0 Å². The van der Waals surface area contributed by atoms with Gasteiger partial charge in [0.2, 0.25) is 5.13 Å². The maximum absolute atomic E-state index is 4.05. The quantitative estimate of drug-likeness (QED) is 0.716. The Kier molecular flexibility index (Phi) is 4.75. The molecule has 1 N–H and O–H groups in total. The van der Waals surface area contributed by atoms with Crippen LogP contribution in [0.2, 0.25) is 0 Å². The van der Waals surface area contributed by atoms with Gasteiger partial charge in [0.05, 0.1) is 0 Å². The van der Waals surface area contributed by atoms with E-state index >= 15 is 0 Å². The van der Waals surface area contributed by atoms with Crippen LogP contribution in [0.25, 0.3) is 0 Å². The maximum Gasteiger partial charge on any atom is 0.202 e. The fourth-order valence-corrected chi connectivity index (χ4v) is 1.58. The fourth-order valence-electron chi connectivity index (χ4n) is 1.12. The van der Waals surface area contributed by atoms with E-state index in [1.54, 1.807) is 6.33 Å². The number of hydrogen-bond donors (Lipinski definition) is 1. The van der Waals surface area contributed by atoms with Gasteiger partial charge in [-0.1, -0.05) is 26.7 Å². The molecule has 0 unspecified atom stereocenters. The van der Waals surface area contributed by atoms with E-state index in [0.717, 1.165) is 17.6 Å². The van der Waals surface area contributed by atoms with Crippen molar-refractivity contribution in [3.63, 3.8) is 0 Å². The molecule has 4 heteroatoms. The average Bonchev–Trinajstić information content (AvgIpc) is 2.55. The van der Waals surface area contributed by atoms with Crippen LogP contribution < -0.4 is 5.32 Å². The van der Waals surface area contributed by atoms with Gasteiger partial charge in [-0.3, -0.25) is 0 Å². The van der Waals surface area contributed by atoms with Crippen molar-refractivity contribution in [2.75, 3.05) is 11.9 Å². The van der Waals surface area contributed by atoms with Gasteiger partial charge in [-0.05, 0) is 12.3 Å². The topological polar surface area (TPSA) is 37.8 Å². The molecule has 0 spiro atoms. The Morgan fingerprint density at radius 3 is 2.92 bits per heavy atom. The second-order valence-electron chi connectivity index (χ2n) is 3.56. The summed E-state index contributed by atoms with van der Waals surface area (Å²) in [5.74, 6) is 0.821. The van der Waals surface area contributed by atoms with Crippen LogP contribution in [0.5, 0.6) is 0 Å². The minimum Gasteiger partial charge on any atom is -0.360 e. The van der Waals surface area contributed by atoms with Gasteiger partial charge >= 0.3 is 0 Å². The van der Waals surface area contributed by atoms with E-state index in [-0.39, 0.29) is 0 Å². The molecule has 3 nitrogen and oxygen atoms in total. The minimum atomic E-state index is 0.821. The first-order valence-corrected chi connectivity index (χ1v) is 5.57. The molecule has 0 aromatic carbocycles. The molecule has 1 aromatic heterocycles. The summed E-state index contributed by atoms with van der Waals surface area (Å²) >= 11 is 1.42. The predicted octanol–water partition coefficient (Wildman–Crippen LogP) is 2.78. The SMILES string of the molecule is CC(C)CCCCNc1ncns1. The van der Waals surface area contributed by atoms with Crippen LogP contribution in [-0.4, -0.2) is 15.9 Å². The standard InChI is InChI=1S/C9H17N3S/c1-8(2)5-3-4-6-10-9-11-7-12-13-9/h7-8H,3-6H2,1-2H3,(H,10,11,12). The van der Waals surface area contributed by atoms with Crippen LogP contribution in [0.4, 0.5) is 5.13 Å². The van der Waals surface area contributed by atoms with Gasteiger partial charge in [-0.25, -0.2) is 4.98 Å². The molecule has 1 rings (SSSR count). The summed E-state index contributed by atoms with van der Waals surface area (Å²) in [7, 11) is 0. The highest BCUT2D eigenvalue weighted by Crippen LogP contribution is 2.09. The predicted molar refractivity (Wildman–Crippen MR) is 57.1 cm³/mol. The Hall–Kier alpha value is -0.640. The molecule has 0 amide bonds. The molecule has 0 bridgehead atoms. The van der Waals surface area contributed by atoms with E-state index in [2.05, 4.69) is 28.5 Å². The summed E-state index contributed by atoms with van der Waals surface area (Å²) in [5, 5.41) is 4.18. The molecule has 13 heavy (non-hydrogen) atoms. The van der Waals surface area contributed by atoms with Gasteiger partial charge in [-0.2, -0.15) is 4.37 Å². The maximum atomic E-state index is 4.05. The first-order valence-electron chi connectivity index (χ1n) is 4.79. The molecule has 0 saturated heterocycles. The number of hydrogen-bond acceptors (Lipinski definition) is 4. The monoisotopic (exact) mass is 199 g/mol. The van der Waals surface area contributed by atoms with E-state index in [1.807, 2.05) is 0 Å². The van der Waals surface area contributed by atoms with Gasteiger partial charge in [0.1, 0.15) is 6.33 Å². The average molecular weight is 199 g/mol. The lowest BCUT2D eigenvalue weighted by Crippen LogP contribution is -2.01. The first kappa shape index (κ1) is 10.4. The van der Waals surface area contributed by atoms with E-state index in [4.69, 9.17) is 0 Å². The number of anilines is 1. The van der Waals surface area contributed by atoms with Crippen molar-refractivity contribution in [1.29, 1.82) is 0 Å². The van der Waals surface area contributed by atoms with Crippen molar-refractivity contribution in [2.24, 2.45) is 5.92 Å². The molecule has 0 radical (unpaired) electrons. The molecule has 0 aliphatic rings. The number of unbranched alkanes of at least 4 members (excludes halogenated alkanes) is 1. The number of aromatic nitrogens is 2. The van der Waals surface area contributed by atoms with Gasteiger partial charge in [0.15, 0.2) is 0 Å². The lowest BCUT2D eigenvalue weighted by Gasteiger charge is -2.04. The highest BCUT2D eigenvalue weighted by molar-refractivity contribution is 7.09. The second-order valence-corrected chi connectivity index (χ2v) is 4.34. The summed E-state index contributed by atoms with van der Waals surface area (Å²) in [6, 6.07) is 0. The fraction of sp³-hybridized carbons (Fsp3) is 0.778. The molecule has 1 aromatic rings. The molecule has 0 aliphatic heterocycles. The minimum absolute atomic E-state index is 0.821. The van der Waals surface area contributed by atoms with Crippen molar-refractivity contribution in [2.45, 2.75) is 33.1 Å². The third kappa shape index (κ3) is 4.83. The van der Waals surface area contributed by atoms with E-state index in [1.165, 1.54) is 30.8 Å². The van der Waals surface area contributed by atoms with E-state index < -0.39 is 0 Å². The van der Waals surface area contributed by atoms with Crippen molar-refractivity contribution >= 4 is 16.7 Å². The van der Waals surface area contributed by atoms with Crippen LogP contribution in [0.3, 0.4) is 0 Å². The van der Waals surface area contributed by atoms with Gasteiger partial charge < -0.3 is 5.32 Å². The molecular formula is C9H17N3S. The largest absolute Gasteiger partial charge is 0.360 e. The van der Waals surface area contributed by atoms with Gasteiger partial charge in [0, 0.05) is 18.1 Å². The Bertz CT molecular complexity index is 209. The Morgan fingerprint density at radius 1 is 1.46 bits per heavy atom. The summed E-state index contributed by atoms with van der Waals surface area (Å²) in [5.41, 5.74) is 0. The Morgan fingerprint density at radius 2 is 2.31 bits per heavy atom. The second kappa shape index (κ2) is 5.91. The van der Waals surface area contributed by atoms with E-state index in [0.29, 0.717) is 0 Å². The highest BCUT2D eigenvalue weighted by atomic mass is 32.1. The molecule has 74 valence electrons. The highest BCUT2D eigenvalue weighted by Gasteiger charge is 1.96. The summed E-state index contributed by atoms with van der Waals surface area (Å²) in [4.78, 5) is 4.05. The molecule has 1 heterocycles. The van der Waals surface area contributed by atoms with Crippen molar-refractivity contribution in [1.82, 2.24) is 9.36 Å². The third-order valence-electron chi connectivity index (χ3n) is 1.85. The van der Waals surface area contributed by atoms with Crippen LogP contribution in [-0.2, 0) is 0 Å². The van der Waals surface area contributed by atoms with Crippen LogP contribution in [0.1, 0.15) is 33.1 Å². The molecular weight excluding hydrogens is 182 g/mol. The third-order valence-corrected chi connectivity index (χ3v) is 2.47. The lowest BCUT2D eigenvalue weighted by atomic mass is 10.1. The van der Waals surface area contributed by atoms with Crippen LogP contribution >= 0.6 is 11.5 Å². The smallest absolute Gasteiger partial charge is 0.202 e. The van der Waals surface area contributed by atoms with Gasteiger partial charge in [-0.15, -0.1) is 0 Å². The first-order chi connectivity index (χ1) is 6.29. The summed E-state index contributed by atoms with van der Waals surface area (Å²) in [6.45, 7) is 5.54. The molecule has 0 aliphatic carbocycles. The summed E-state index contributed by atoms with van der Waals surface area (Å²) < 4.78 is 3.92. The zero-order valence-electron chi connectivity index (χ0n) is 8.29. The molecule has 0 fully saturated rings. The Labute approximate surface area is 83.8 Å². The number of nitrogens with one attached hydrogen (secondary N) is 1. The normalized spacial score (nSPS) is 10.7. The van der Waals surface area contributed by atoms with E-state index in [9.17, 15) is 0 Å². The molecule has 0 saturated carbocycles.